The molecule has 5 rings (SSSR count). The van der Waals surface area contributed by atoms with E-state index in [0.717, 1.165) is 29.7 Å². The minimum atomic E-state index is -0.463. The molecule has 0 N–H and O–H groups in total. The summed E-state index contributed by atoms with van der Waals surface area (Å²) in [7, 11) is 0. The number of benzene rings is 3. The molecular formula is C30H30O4. The normalized spacial score (nSPS) is 15.3. The minimum absolute atomic E-state index is 0.0465. The Morgan fingerprint density at radius 3 is 2.56 bits per heavy atom. The molecule has 1 aliphatic rings. The van der Waals surface area contributed by atoms with Crippen LogP contribution in [0.2, 0.25) is 0 Å². The zero-order chi connectivity index (χ0) is 23.3. The molecule has 0 fully saturated rings. The van der Waals surface area contributed by atoms with Crippen molar-refractivity contribution in [3.05, 3.63) is 99.7 Å². The highest BCUT2D eigenvalue weighted by Crippen LogP contribution is 2.38. The fraction of sp³-hybridized carbons (Fsp3) is 0.300. The molecule has 4 heteroatoms. The van der Waals surface area contributed by atoms with Gasteiger partial charge < -0.3 is 13.9 Å². The molecule has 0 radical (unpaired) electrons. The van der Waals surface area contributed by atoms with Crippen LogP contribution >= 0.6 is 0 Å². The molecule has 1 aromatic heterocycles. The first-order chi connectivity index (χ1) is 16.8. The first-order valence-electron chi connectivity index (χ1n) is 12.2. The maximum atomic E-state index is 13.8. The molecule has 0 bridgehead atoms. The van der Waals surface area contributed by atoms with E-state index in [2.05, 4.69) is 13.0 Å². The molecule has 1 aliphatic heterocycles. The number of ether oxygens (including phenoxy) is 2. The number of rotatable bonds is 8. The lowest BCUT2D eigenvalue weighted by atomic mass is 9.90. The highest BCUT2D eigenvalue weighted by Gasteiger charge is 2.29. The van der Waals surface area contributed by atoms with Crippen molar-refractivity contribution in [2.75, 3.05) is 13.2 Å². The Labute approximate surface area is 200 Å². The van der Waals surface area contributed by atoms with Crippen LogP contribution in [-0.4, -0.2) is 13.2 Å². The first kappa shape index (κ1) is 22.4. The van der Waals surface area contributed by atoms with Gasteiger partial charge in [0.1, 0.15) is 23.2 Å². The Kier molecular flexibility index (Phi) is 6.77. The van der Waals surface area contributed by atoms with Crippen LogP contribution in [0.25, 0.3) is 22.3 Å². The van der Waals surface area contributed by atoms with Crippen molar-refractivity contribution in [3.8, 4) is 17.1 Å². The van der Waals surface area contributed by atoms with Gasteiger partial charge in [0.2, 0.25) is 0 Å². The SMILES string of the molecule is CCCCCCOc1ccc(-c2oc3ccccc3c(=O)c2C2OCCc3ccccc32)cc1. The Hall–Kier alpha value is -3.37. The van der Waals surface area contributed by atoms with E-state index in [1.807, 2.05) is 66.7 Å². The summed E-state index contributed by atoms with van der Waals surface area (Å²) in [4.78, 5) is 13.8. The van der Waals surface area contributed by atoms with Crippen LogP contribution in [0.15, 0.2) is 82.0 Å². The highest BCUT2D eigenvalue weighted by atomic mass is 16.5. The van der Waals surface area contributed by atoms with Crippen LogP contribution in [-0.2, 0) is 11.2 Å². The molecule has 4 nitrogen and oxygen atoms in total. The molecule has 1 unspecified atom stereocenters. The van der Waals surface area contributed by atoms with Gasteiger partial charge in [0.15, 0.2) is 5.43 Å². The van der Waals surface area contributed by atoms with Gasteiger partial charge in [-0.05, 0) is 60.4 Å². The van der Waals surface area contributed by atoms with Gasteiger partial charge >= 0.3 is 0 Å². The highest BCUT2D eigenvalue weighted by molar-refractivity contribution is 5.81. The molecule has 4 aromatic rings. The summed E-state index contributed by atoms with van der Waals surface area (Å²) < 4.78 is 18.5. The van der Waals surface area contributed by atoms with Crippen LogP contribution in [0, 0.1) is 0 Å². The van der Waals surface area contributed by atoms with Crippen molar-refractivity contribution in [1.29, 1.82) is 0 Å². The number of hydrogen-bond acceptors (Lipinski definition) is 4. The molecular weight excluding hydrogens is 424 g/mol. The summed E-state index contributed by atoms with van der Waals surface area (Å²) in [6.45, 7) is 3.48. The lowest BCUT2D eigenvalue weighted by Crippen LogP contribution is -2.24. The largest absolute Gasteiger partial charge is 0.494 e. The van der Waals surface area contributed by atoms with E-state index in [4.69, 9.17) is 13.9 Å². The molecule has 0 aliphatic carbocycles. The van der Waals surface area contributed by atoms with E-state index in [9.17, 15) is 4.79 Å². The van der Waals surface area contributed by atoms with Crippen molar-refractivity contribution >= 4 is 11.0 Å². The van der Waals surface area contributed by atoms with Gasteiger partial charge in [0, 0.05) is 5.56 Å². The summed E-state index contributed by atoms with van der Waals surface area (Å²) >= 11 is 0. The van der Waals surface area contributed by atoms with E-state index < -0.39 is 6.10 Å². The zero-order valence-electron chi connectivity index (χ0n) is 19.6. The number of para-hydroxylation sites is 1. The maximum Gasteiger partial charge on any atom is 0.199 e. The van der Waals surface area contributed by atoms with Gasteiger partial charge in [-0.25, -0.2) is 0 Å². The fourth-order valence-corrected chi connectivity index (χ4v) is 4.66. The molecule has 0 saturated heterocycles. The van der Waals surface area contributed by atoms with Crippen molar-refractivity contribution < 1.29 is 13.9 Å². The number of unbranched alkanes of at least 4 members (excludes halogenated alkanes) is 3. The van der Waals surface area contributed by atoms with Crippen LogP contribution in [0.5, 0.6) is 5.75 Å². The number of fused-ring (bicyclic) bond motifs is 2. The second kappa shape index (κ2) is 10.3. The third-order valence-corrected chi connectivity index (χ3v) is 6.47. The standard InChI is InChI=1S/C30H30O4/c1-2-3-4-9-19-32-23-16-14-22(15-17-23)29-27(28(31)25-12-7-8-13-26(25)34-29)30-24-11-6-5-10-21(24)18-20-33-30/h5-8,10-17,30H,2-4,9,18-20H2,1H3. The Morgan fingerprint density at radius 2 is 1.71 bits per heavy atom. The average Bonchev–Trinajstić information content (AvgIpc) is 2.89. The van der Waals surface area contributed by atoms with Gasteiger partial charge in [-0.2, -0.15) is 0 Å². The zero-order valence-corrected chi connectivity index (χ0v) is 19.6. The monoisotopic (exact) mass is 454 g/mol. The quantitative estimate of drug-likeness (QED) is 0.267. The Balaban J connectivity index is 1.55. The van der Waals surface area contributed by atoms with Gasteiger partial charge in [0.05, 0.1) is 24.2 Å². The predicted octanol–water partition coefficient (Wildman–Crippen LogP) is 7.08. The van der Waals surface area contributed by atoms with E-state index in [0.29, 0.717) is 35.5 Å². The molecule has 0 spiro atoms. The summed E-state index contributed by atoms with van der Waals surface area (Å²) in [5.41, 5.74) is 4.16. The van der Waals surface area contributed by atoms with Crippen LogP contribution in [0.1, 0.15) is 55.4 Å². The van der Waals surface area contributed by atoms with Gasteiger partial charge in [-0.1, -0.05) is 62.6 Å². The molecule has 0 saturated carbocycles. The van der Waals surface area contributed by atoms with Gasteiger partial charge in [0.25, 0.3) is 0 Å². The van der Waals surface area contributed by atoms with Gasteiger partial charge in [-0.15, -0.1) is 0 Å². The summed E-state index contributed by atoms with van der Waals surface area (Å²) in [5.74, 6) is 1.38. The Bertz CT molecular complexity index is 1320. The summed E-state index contributed by atoms with van der Waals surface area (Å²) in [6, 6.07) is 23.4. The number of hydrogen-bond donors (Lipinski definition) is 0. The summed E-state index contributed by atoms with van der Waals surface area (Å²) in [5, 5.41) is 0.569. The third kappa shape index (κ3) is 4.51. The Morgan fingerprint density at radius 1 is 0.912 bits per heavy atom. The molecule has 3 aromatic carbocycles. The topological polar surface area (TPSA) is 48.7 Å². The summed E-state index contributed by atoms with van der Waals surface area (Å²) in [6.07, 6.45) is 5.06. The maximum absolute atomic E-state index is 13.8. The molecule has 0 amide bonds. The fourth-order valence-electron chi connectivity index (χ4n) is 4.66. The lowest BCUT2D eigenvalue weighted by Gasteiger charge is -2.27. The second-order valence-electron chi connectivity index (χ2n) is 8.80. The van der Waals surface area contributed by atoms with Crippen LogP contribution in [0.4, 0.5) is 0 Å². The predicted molar refractivity (Wildman–Crippen MR) is 135 cm³/mol. The van der Waals surface area contributed by atoms with E-state index >= 15 is 0 Å². The smallest absolute Gasteiger partial charge is 0.199 e. The minimum Gasteiger partial charge on any atom is -0.494 e. The van der Waals surface area contributed by atoms with E-state index in [-0.39, 0.29) is 5.43 Å². The van der Waals surface area contributed by atoms with Crippen molar-refractivity contribution in [3.63, 3.8) is 0 Å². The second-order valence-corrected chi connectivity index (χ2v) is 8.80. The first-order valence-corrected chi connectivity index (χ1v) is 12.2. The molecule has 1 atom stereocenters. The van der Waals surface area contributed by atoms with E-state index in [1.165, 1.54) is 24.8 Å². The molecule has 174 valence electrons. The average molecular weight is 455 g/mol. The van der Waals surface area contributed by atoms with Crippen molar-refractivity contribution in [2.45, 2.75) is 45.1 Å². The third-order valence-electron chi connectivity index (χ3n) is 6.47. The lowest BCUT2D eigenvalue weighted by molar-refractivity contribution is 0.0687. The van der Waals surface area contributed by atoms with E-state index in [1.54, 1.807) is 0 Å². The van der Waals surface area contributed by atoms with Crippen LogP contribution in [0.3, 0.4) is 0 Å². The van der Waals surface area contributed by atoms with Crippen molar-refractivity contribution in [1.82, 2.24) is 0 Å². The van der Waals surface area contributed by atoms with Crippen LogP contribution < -0.4 is 10.2 Å². The molecule has 34 heavy (non-hydrogen) atoms. The molecule has 2 heterocycles. The van der Waals surface area contributed by atoms with Gasteiger partial charge in [-0.3, -0.25) is 4.79 Å². The van der Waals surface area contributed by atoms with Crippen molar-refractivity contribution in [2.24, 2.45) is 0 Å².